The molecule has 0 radical (unpaired) electrons. The van der Waals surface area contributed by atoms with Crippen molar-refractivity contribution < 1.29 is 24.2 Å². The number of benzene rings is 1. The fourth-order valence-corrected chi connectivity index (χ4v) is 1.86. The summed E-state index contributed by atoms with van der Waals surface area (Å²) in [5, 5.41) is 11.4. The minimum absolute atomic E-state index is 0.0542. The molecule has 1 amide bonds. The molecule has 23 heavy (non-hydrogen) atoms. The molecule has 0 unspecified atom stereocenters. The van der Waals surface area contributed by atoms with E-state index in [-0.39, 0.29) is 21.8 Å². The zero-order valence-electron chi connectivity index (χ0n) is 11.7. The lowest BCUT2D eigenvalue weighted by molar-refractivity contribution is -0.119. The standard InChI is InChI=1S/C15H11ClN2O5/c16-12-4-3-10(6-11(12)14(20)21)18-13(19)8-23-15(22)9-2-1-5-17-7-9/h1-7H,8H2,(H,18,19)(H,20,21). The maximum Gasteiger partial charge on any atom is 0.340 e. The molecule has 0 saturated heterocycles. The summed E-state index contributed by atoms with van der Waals surface area (Å²) in [6.45, 7) is -0.515. The van der Waals surface area contributed by atoms with Crippen LogP contribution in [0.25, 0.3) is 0 Å². The molecular formula is C15H11ClN2O5. The zero-order valence-corrected chi connectivity index (χ0v) is 12.4. The Hall–Kier alpha value is -2.93. The van der Waals surface area contributed by atoms with Gasteiger partial charge in [-0.2, -0.15) is 0 Å². The van der Waals surface area contributed by atoms with Gasteiger partial charge in [0.25, 0.3) is 5.91 Å². The van der Waals surface area contributed by atoms with Gasteiger partial charge < -0.3 is 15.2 Å². The fraction of sp³-hybridized carbons (Fsp3) is 0.0667. The second-order valence-corrected chi connectivity index (χ2v) is 4.77. The van der Waals surface area contributed by atoms with Gasteiger partial charge in [0.05, 0.1) is 16.1 Å². The summed E-state index contributed by atoms with van der Waals surface area (Å²) < 4.78 is 4.83. The van der Waals surface area contributed by atoms with E-state index in [1.165, 1.54) is 36.7 Å². The average Bonchev–Trinajstić information content (AvgIpc) is 2.55. The monoisotopic (exact) mass is 334 g/mol. The first-order valence-electron chi connectivity index (χ1n) is 6.37. The highest BCUT2D eigenvalue weighted by Crippen LogP contribution is 2.20. The zero-order chi connectivity index (χ0) is 16.8. The van der Waals surface area contributed by atoms with E-state index in [4.69, 9.17) is 21.4 Å². The Kier molecular flexibility index (Phi) is 5.27. The molecule has 2 aromatic rings. The number of amides is 1. The second-order valence-electron chi connectivity index (χ2n) is 4.37. The minimum atomic E-state index is -1.21. The summed E-state index contributed by atoms with van der Waals surface area (Å²) in [7, 11) is 0. The SMILES string of the molecule is O=C(COC(=O)c1cccnc1)Nc1ccc(Cl)c(C(=O)O)c1. The highest BCUT2D eigenvalue weighted by molar-refractivity contribution is 6.33. The lowest BCUT2D eigenvalue weighted by atomic mass is 10.2. The number of carbonyl (C=O) groups excluding carboxylic acids is 2. The Morgan fingerprint density at radius 1 is 1.26 bits per heavy atom. The van der Waals surface area contributed by atoms with Crippen LogP contribution < -0.4 is 5.32 Å². The van der Waals surface area contributed by atoms with Crippen LogP contribution >= 0.6 is 11.6 Å². The number of ether oxygens (including phenoxy) is 1. The molecule has 2 N–H and O–H groups in total. The summed E-state index contributed by atoms with van der Waals surface area (Å²) in [6, 6.07) is 7.08. The Balaban J connectivity index is 1.94. The lowest BCUT2D eigenvalue weighted by Gasteiger charge is -2.08. The largest absolute Gasteiger partial charge is 0.478 e. The summed E-state index contributed by atoms with van der Waals surface area (Å²) in [4.78, 5) is 38.1. The van der Waals surface area contributed by atoms with E-state index >= 15 is 0 Å². The van der Waals surface area contributed by atoms with E-state index < -0.39 is 24.5 Å². The number of halogens is 1. The van der Waals surface area contributed by atoms with Crippen LogP contribution in [0, 0.1) is 0 Å². The maximum atomic E-state index is 11.7. The number of pyridine rings is 1. The van der Waals surface area contributed by atoms with Crippen molar-refractivity contribution in [3.63, 3.8) is 0 Å². The van der Waals surface area contributed by atoms with E-state index in [0.717, 1.165) is 0 Å². The fourth-order valence-electron chi connectivity index (χ4n) is 1.66. The number of carbonyl (C=O) groups is 3. The van der Waals surface area contributed by atoms with Crippen LogP contribution in [0.3, 0.4) is 0 Å². The molecule has 1 aromatic carbocycles. The molecule has 1 heterocycles. The van der Waals surface area contributed by atoms with Crippen LogP contribution in [-0.4, -0.2) is 34.5 Å². The van der Waals surface area contributed by atoms with Crippen LogP contribution in [0.5, 0.6) is 0 Å². The molecule has 2 rings (SSSR count). The van der Waals surface area contributed by atoms with Crippen molar-refractivity contribution in [2.45, 2.75) is 0 Å². The number of anilines is 1. The molecular weight excluding hydrogens is 324 g/mol. The average molecular weight is 335 g/mol. The smallest absolute Gasteiger partial charge is 0.340 e. The third kappa shape index (κ3) is 4.52. The van der Waals surface area contributed by atoms with Crippen molar-refractivity contribution in [1.82, 2.24) is 4.98 Å². The highest BCUT2D eigenvalue weighted by atomic mass is 35.5. The van der Waals surface area contributed by atoms with Crippen molar-refractivity contribution in [3.8, 4) is 0 Å². The Morgan fingerprint density at radius 3 is 2.70 bits per heavy atom. The van der Waals surface area contributed by atoms with Gasteiger partial charge in [-0.15, -0.1) is 0 Å². The number of carboxylic acid groups (broad SMARTS) is 1. The summed E-state index contributed by atoms with van der Waals surface area (Å²) in [6.07, 6.45) is 2.82. The van der Waals surface area contributed by atoms with Crippen LogP contribution in [-0.2, 0) is 9.53 Å². The second kappa shape index (κ2) is 7.37. The Bertz CT molecular complexity index is 749. The van der Waals surface area contributed by atoms with Gasteiger partial charge in [-0.05, 0) is 30.3 Å². The van der Waals surface area contributed by atoms with Crippen LogP contribution in [0.1, 0.15) is 20.7 Å². The van der Waals surface area contributed by atoms with Crippen LogP contribution in [0.4, 0.5) is 5.69 Å². The van der Waals surface area contributed by atoms with E-state index in [1.807, 2.05) is 0 Å². The number of carboxylic acids is 1. The van der Waals surface area contributed by atoms with Gasteiger partial charge in [0.15, 0.2) is 6.61 Å². The van der Waals surface area contributed by atoms with E-state index in [0.29, 0.717) is 0 Å². The van der Waals surface area contributed by atoms with Crippen molar-refractivity contribution in [2.24, 2.45) is 0 Å². The molecule has 118 valence electrons. The molecule has 0 aliphatic carbocycles. The van der Waals surface area contributed by atoms with Gasteiger partial charge in [-0.1, -0.05) is 11.6 Å². The normalized spacial score (nSPS) is 9.96. The maximum absolute atomic E-state index is 11.7. The van der Waals surface area contributed by atoms with Crippen molar-refractivity contribution >= 4 is 35.1 Å². The van der Waals surface area contributed by atoms with Crippen LogP contribution in [0.2, 0.25) is 5.02 Å². The Labute approximate surface area is 135 Å². The first-order valence-corrected chi connectivity index (χ1v) is 6.75. The molecule has 0 saturated carbocycles. The summed E-state index contributed by atoms with van der Waals surface area (Å²) in [5.41, 5.74) is 0.311. The third-order valence-electron chi connectivity index (χ3n) is 2.71. The number of hydrogen-bond donors (Lipinski definition) is 2. The number of nitrogens with one attached hydrogen (secondary N) is 1. The first-order chi connectivity index (χ1) is 11.0. The van der Waals surface area contributed by atoms with Crippen molar-refractivity contribution in [3.05, 3.63) is 58.9 Å². The lowest BCUT2D eigenvalue weighted by Crippen LogP contribution is -2.21. The molecule has 0 spiro atoms. The summed E-state index contributed by atoms with van der Waals surface area (Å²) >= 11 is 5.73. The number of nitrogens with zero attached hydrogens (tertiary/aromatic N) is 1. The van der Waals surface area contributed by atoms with Gasteiger partial charge in [0.1, 0.15) is 0 Å². The third-order valence-corrected chi connectivity index (χ3v) is 3.04. The van der Waals surface area contributed by atoms with E-state index in [1.54, 1.807) is 6.07 Å². The molecule has 0 atom stereocenters. The Morgan fingerprint density at radius 2 is 2.04 bits per heavy atom. The minimum Gasteiger partial charge on any atom is -0.478 e. The number of rotatable bonds is 5. The summed E-state index contributed by atoms with van der Waals surface area (Å²) in [5.74, 6) is -2.51. The molecule has 0 aliphatic rings. The molecule has 7 nitrogen and oxygen atoms in total. The molecule has 1 aromatic heterocycles. The number of aromatic carboxylic acids is 1. The molecule has 0 bridgehead atoms. The van der Waals surface area contributed by atoms with Crippen molar-refractivity contribution in [1.29, 1.82) is 0 Å². The van der Waals surface area contributed by atoms with Gasteiger partial charge in [-0.25, -0.2) is 9.59 Å². The van der Waals surface area contributed by atoms with E-state index in [2.05, 4.69) is 10.3 Å². The van der Waals surface area contributed by atoms with Gasteiger partial charge in [0, 0.05) is 18.1 Å². The first kappa shape index (κ1) is 16.4. The number of hydrogen-bond acceptors (Lipinski definition) is 5. The van der Waals surface area contributed by atoms with Crippen LogP contribution in [0.15, 0.2) is 42.7 Å². The molecule has 8 heteroatoms. The number of esters is 1. The van der Waals surface area contributed by atoms with Gasteiger partial charge in [0.2, 0.25) is 0 Å². The van der Waals surface area contributed by atoms with Gasteiger partial charge in [-0.3, -0.25) is 9.78 Å². The topological polar surface area (TPSA) is 106 Å². The van der Waals surface area contributed by atoms with Crippen molar-refractivity contribution in [2.75, 3.05) is 11.9 Å². The highest BCUT2D eigenvalue weighted by Gasteiger charge is 2.13. The predicted molar refractivity (Wildman–Crippen MR) is 81.6 cm³/mol. The number of aromatic nitrogens is 1. The van der Waals surface area contributed by atoms with E-state index in [9.17, 15) is 14.4 Å². The molecule has 0 aliphatic heterocycles. The molecule has 0 fully saturated rings. The quantitative estimate of drug-likeness (QED) is 0.812. The van der Waals surface area contributed by atoms with Gasteiger partial charge >= 0.3 is 11.9 Å². The predicted octanol–water partition coefficient (Wildman–Crippen LogP) is 2.23.